The quantitative estimate of drug-likeness (QED) is 0.373. The lowest BCUT2D eigenvalue weighted by Gasteiger charge is -2.09. The number of benzene rings is 2. The lowest BCUT2D eigenvalue weighted by Crippen LogP contribution is -2.00. The van der Waals surface area contributed by atoms with Gasteiger partial charge in [-0.2, -0.15) is 0 Å². The number of hydrogen-bond donors (Lipinski definition) is 0. The molecule has 136 valence electrons. The van der Waals surface area contributed by atoms with Crippen molar-refractivity contribution in [3.8, 4) is 5.69 Å². The van der Waals surface area contributed by atoms with Crippen LogP contribution in [0.1, 0.15) is 17.0 Å². The predicted octanol–water partition coefficient (Wildman–Crippen LogP) is 4.66. The summed E-state index contributed by atoms with van der Waals surface area (Å²) in [6.45, 7) is 3.82. The third-order valence-electron chi connectivity index (χ3n) is 4.18. The van der Waals surface area contributed by atoms with Crippen molar-refractivity contribution < 1.29 is 9.85 Å². The highest BCUT2D eigenvalue weighted by Gasteiger charge is 2.13. The van der Waals surface area contributed by atoms with E-state index in [0.717, 1.165) is 17.0 Å². The highest BCUT2D eigenvalue weighted by Crippen LogP contribution is 2.24. The minimum Gasteiger partial charge on any atom is -0.318 e. The molecule has 0 bridgehead atoms. The van der Waals surface area contributed by atoms with Crippen LogP contribution in [0.2, 0.25) is 0 Å². The Balaban J connectivity index is 1.93. The first-order valence-corrected chi connectivity index (χ1v) is 8.09. The Hall–Kier alpha value is -3.81. The Morgan fingerprint density at radius 1 is 0.926 bits per heavy atom. The summed E-state index contributed by atoms with van der Waals surface area (Å²) in [5.74, 6) is 0. The van der Waals surface area contributed by atoms with Crippen molar-refractivity contribution in [2.24, 2.45) is 4.99 Å². The molecule has 0 atom stereocenters. The Bertz CT molecular complexity index is 1050. The van der Waals surface area contributed by atoms with Gasteiger partial charge in [0.25, 0.3) is 11.4 Å². The third kappa shape index (κ3) is 3.74. The molecule has 0 spiro atoms. The number of nitro benzene ring substituents is 2. The molecule has 0 aliphatic carbocycles. The van der Waals surface area contributed by atoms with Gasteiger partial charge in [0.1, 0.15) is 0 Å². The number of aryl methyl sites for hydroxylation is 1. The highest BCUT2D eigenvalue weighted by molar-refractivity contribution is 5.84. The molecule has 0 amide bonds. The predicted molar refractivity (Wildman–Crippen MR) is 102 cm³/mol. The molecule has 1 aromatic heterocycles. The normalized spacial score (nSPS) is 11.0. The van der Waals surface area contributed by atoms with Crippen LogP contribution in [-0.4, -0.2) is 20.6 Å². The van der Waals surface area contributed by atoms with Crippen LogP contribution in [0.25, 0.3) is 5.69 Å². The number of nitrogens with zero attached hydrogens (tertiary/aromatic N) is 4. The maximum atomic E-state index is 11.0. The summed E-state index contributed by atoms with van der Waals surface area (Å²) in [6, 6.07) is 14.3. The monoisotopic (exact) mass is 364 g/mol. The van der Waals surface area contributed by atoms with Crippen molar-refractivity contribution in [1.29, 1.82) is 0 Å². The molecule has 3 rings (SSSR count). The van der Waals surface area contributed by atoms with E-state index >= 15 is 0 Å². The van der Waals surface area contributed by atoms with E-state index in [1.807, 2.05) is 30.5 Å². The van der Waals surface area contributed by atoms with Gasteiger partial charge < -0.3 is 4.57 Å². The molecule has 0 saturated carbocycles. The molecule has 27 heavy (non-hydrogen) atoms. The molecule has 0 radical (unpaired) electrons. The Morgan fingerprint density at radius 2 is 1.59 bits per heavy atom. The summed E-state index contributed by atoms with van der Waals surface area (Å²) in [6.07, 6.45) is 1.68. The van der Waals surface area contributed by atoms with Gasteiger partial charge in [0.2, 0.25) is 0 Å². The zero-order chi connectivity index (χ0) is 19.6. The van der Waals surface area contributed by atoms with Gasteiger partial charge in [-0.05, 0) is 38.1 Å². The Morgan fingerprint density at radius 3 is 2.22 bits per heavy atom. The lowest BCUT2D eigenvalue weighted by molar-refractivity contribution is -0.385. The largest absolute Gasteiger partial charge is 0.318 e. The van der Waals surface area contributed by atoms with Crippen LogP contribution in [0, 0.1) is 34.1 Å². The molecule has 1 heterocycles. The number of nitro groups is 2. The number of aromatic nitrogens is 1. The fraction of sp³-hybridized carbons (Fsp3) is 0.105. The van der Waals surface area contributed by atoms with E-state index in [-0.39, 0.29) is 11.4 Å². The average Bonchev–Trinajstić information content (AvgIpc) is 2.94. The standard InChI is InChI=1S/C19H16N4O4/c1-13-10-15(12-20-16-6-8-17(9-7-16)22(24)25)14(2)21(13)18-4-3-5-19(11-18)23(26)27/h3-12H,1-2H3. The van der Waals surface area contributed by atoms with Crippen LogP contribution in [0.3, 0.4) is 0 Å². The zero-order valence-corrected chi connectivity index (χ0v) is 14.7. The minimum atomic E-state index is -0.458. The highest BCUT2D eigenvalue weighted by atomic mass is 16.6. The molecule has 0 fully saturated rings. The van der Waals surface area contributed by atoms with Gasteiger partial charge in [-0.25, -0.2) is 0 Å². The molecular formula is C19H16N4O4. The molecule has 8 heteroatoms. The zero-order valence-electron chi connectivity index (χ0n) is 14.7. The molecule has 0 N–H and O–H groups in total. The second-order valence-corrected chi connectivity index (χ2v) is 5.97. The number of non-ortho nitro benzene ring substituents is 2. The van der Waals surface area contributed by atoms with Crippen molar-refractivity contribution in [2.75, 3.05) is 0 Å². The summed E-state index contributed by atoms with van der Waals surface area (Å²) in [5.41, 5.74) is 4.00. The molecule has 3 aromatic rings. The molecule has 0 aliphatic heterocycles. The van der Waals surface area contributed by atoms with E-state index in [9.17, 15) is 20.2 Å². The maximum Gasteiger partial charge on any atom is 0.271 e. The summed E-state index contributed by atoms with van der Waals surface area (Å²) in [7, 11) is 0. The maximum absolute atomic E-state index is 11.0. The molecule has 0 aliphatic rings. The molecule has 0 unspecified atom stereocenters. The molecule has 2 aromatic carbocycles. The van der Waals surface area contributed by atoms with Crippen LogP contribution < -0.4 is 0 Å². The fourth-order valence-corrected chi connectivity index (χ4v) is 2.87. The van der Waals surface area contributed by atoms with Crippen LogP contribution in [0.15, 0.2) is 59.6 Å². The average molecular weight is 364 g/mol. The van der Waals surface area contributed by atoms with Gasteiger partial charge in [-0.3, -0.25) is 25.2 Å². The summed E-state index contributed by atoms with van der Waals surface area (Å²) >= 11 is 0. The van der Waals surface area contributed by atoms with E-state index < -0.39 is 9.85 Å². The van der Waals surface area contributed by atoms with Gasteiger partial charge in [0, 0.05) is 47.4 Å². The number of rotatable bonds is 5. The van der Waals surface area contributed by atoms with Crippen LogP contribution in [0.4, 0.5) is 17.1 Å². The van der Waals surface area contributed by atoms with Crippen molar-refractivity contribution in [2.45, 2.75) is 13.8 Å². The van der Waals surface area contributed by atoms with E-state index in [2.05, 4.69) is 4.99 Å². The van der Waals surface area contributed by atoms with Gasteiger partial charge >= 0.3 is 0 Å². The first kappa shape index (κ1) is 18.0. The molecule has 0 saturated heterocycles. The van der Waals surface area contributed by atoms with Crippen molar-refractivity contribution in [3.05, 3.63) is 91.8 Å². The van der Waals surface area contributed by atoms with E-state index in [4.69, 9.17) is 0 Å². The smallest absolute Gasteiger partial charge is 0.271 e. The van der Waals surface area contributed by atoms with Crippen LogP contribution in [0.5, 0.6) is 0 Å². The first-order valence-electron chi connectivity index (χ1n) is 8.09. The van der Waals surface area contributed by atoms with Gasteiger partial charge in [-0.1, -0.05) is 6.07 Å². The number of aliphatic imine (C=N–C) groups is 1. The summed E-state index contributed by atoms with van der Waals surface area (Å²) < 4.78 is 1.92. The second kappa shape index (κ2) is 7.20. The fourth-order valence-electron chi connectivity index (χ4n) is 2.87. The van der Waals surface area contributed by atoms with Crippen molar-refractivity contribution in [3.63, 3.8) is 0 Å². The topological polar surface area (TPSA) is 104 Å². The van der Waals surface area contributed by atoms with E-state index in [1.54, 1.807) is 24.4 Å². The first-order chi connectivity index (χ1) is 12.9. The van der Waals surface area contributed by atoms with Crippen molar-refractivity contribution >= 4 is 23.3 Å². The van der Waals surface area contributed by atoms with Gasteiger partial charge in [0.15, 0.2) is 0 Å². The summed E-state index contributed by atoms with van der Waals surface area (Å²) in [5, 5.41) is 21.7. The lowest BCUT2D eigenvalue weighted by atomic mass is 10.2. The van der Waals surface area contributed by atoms with Gasteiger partial charge in [-0.15, -0.1) is 0 Å². The number of hydrogen-bond acceptors (Lipinski definition) is 5. The minimum absolute atomic E-state index is 0.0119. The second-order valence-electron chi connectivity index (χ2n) is 5.97. The van der Waals surface area contributed by atoms with E-state index in [0.29, 0.717) is 11.4 Å². The SMILES string of the molecule is Cc1cc(C=Nc2ccc([N+](=O)[O-])cc2)c(C)n1-c1cccc([N+](=O)[O-])c1. The Kier molecular flexibility index (Phi) is 4.80. The molecular weight excluding hydrogens is 348 g/mol. The van der Waals surface area contributed by atoms with Crippen LogP contribution in [-0.2, 0) is 0 Å². The summed E-state index contributed by atoms with van der Waals surface area (Å²) in [4.78, 5) is 25.2. The van der Waals surface area contributed by atoms with Gasteiger partial charge in [0.05, 0.1) is 21.2 Å². The van der Waals surface area contributed by atoms with Crippen molar-refractivity contribution in [1.82, 2.24) is 4.57 Å². The third-order valence-corrected chi connectivity index (χ3v) is 4.18. The Labute approximate surface area is 154 Å². The van der Waals surface area contributed by atoms with E-state index in [1.165, 1.54) is 24.3 Å². The van der Waals surface area contributed by atoms with Crippen LogP contribution >= 0.6 is 0 Å². The molecule has 8 nitrogen and oxygen atoms in total.